The summed E-state index contributed by atoms with van der Waals surface area (Å²) in [4.78, 5) is 8.67. The highest BCUT2D eigenvalue weighted by molar-refractivity contribution is 6.29. The molecule has 0 bridgehead atoms. The molecule has 5 rings (SSSR count). The van der Waals surface area contributed by atoms with Crippen LogP contribution < -0.4 is 0 Å². The van der Waals surface area contributed by atoms with Gasteiger partial charge in [0.05, 0.1) is 12.1 Å². The van der Waals surface area contributed by atoms with E-state index in [9.17, 15) is 0 Å². The Bertz CT molecular complexity index is 1190. The van der Waals surface area contributed by atoms with E-state index in [1.807, 2.05) is 35.9 Å². The monoisotopic (exact) mass is 435 g/mol. The van der Waals surface area contributed by atoms with Crippen LogP contribution in [0.2, 0.25) is 5.15 Å². The van der Waals surface area contributed by atoms with Crippen LogP contribution in [-0.4, -0.2) is 32.0 Å². The summed E-state index contributed by atoms with van der Waals surface area (Å²) >= 11 is 5.86. The molecule has 1 fully saturated rings. The molecule has 31 heavy (non-hydrogen) atoms. The topological polar surface area (TPSA) is 78.9 Å². The van der Waals surface area contributed by atoms with Gasteiger partial charge < -0.3 is 9.26 Å². The number of halogens is 1. The fourth-order valence-electron chi connectivity index (χ4n) is 3.92. The second-order valence-electron chi connectivity index (χ2n) is 7.87. The third-order valence-corrected chi connectivity index (χ3v) is 6.19. The highest BCUT2D eigenvalue weighted by Crippen LogP contribution is 2.44. The standard InChI is InChI=1S/C23H22ClN5O2/c1-15-12-19(27-29(15)14-16-4-9-20(24)25-13-16)22-26-21(28-31-22)17-5-7-18(8-6-17)23(30-2)10-3-11-23/h4-9,12-13H,3,10-11,14H2,1-2H3. The van der Waals surface area contributed by atoms with E-state index in [0.717, 1.165) is 29.7 Å². The molecule has 8 heteroatoms. The van der Waals surface area contributed by atoms with Crippen LogP contribution in [0.1, 0.15) is 36.1 Å². The molecule has 0 unspecified atom stereocenters. The number of benzene rings is 1. The van der Waals surface area contributed by atoms with Crippen LogP contribution in [0.3, 0.4) is 0 Å². The van der Waals surface area contributed by atoms with Crippen LogP contribution in [-0.2, 0) is 16.9 Å². The predicted molar refractivity (Wildman–Crippen MR) is 117 cm³/mol. The molecule has 0 radical (unpaired) electrons. The molecular weight excluding hydrogens is 414 g/mol. The maximum atomic E-state index is 5.86. The maximum Gasteiger partial charge on any atom is 0.278 e. The quantitative estimate of drug-likeness (QED) is 0.395. The second kappa shape index (κ2) is 7.90. The molecule has 7 nitrogen and oxygen atoms in total. The summed E-state index contributed by atoms with van der Waals surface area (Å²) in [7, 11) is 1.78. The number of hydrogen-bond acceptors (Lipinski definition) is 6. The normalized spacial score (nSPS) is 15.1. The zero-order valence-electron chi connectivity index (χ0n) is 17.4. The number of methoxy groups -OCH3 is 1. The van der Waals surface area contributed by atoms with Crippen LogP contribution in [0.5, 0.6) is 0 Å². The number of pyridine rings is 1. The Balaban J connectivity index is 1.35. The third-order valence-electron chi connectivity index (χ3n) is 5.97. The minimum atomic E-state index is -0.134. The SMILES string of the molecule is COC1(c2ccc(-c3noc(-c4cc(C)n(Cc5ccc(Cl)nc5)n4)n3)cc2)CCC1. The fraction of sp³-hybridized carbons (Fsp3) is 0.304. The fourth-order valence-corrected chi connectivity index (χ4v) is 4.04. The molecule has 3 heterocycles. The molecule has 1 aliphatic carbocycles. The summed E-state index contributed by atoms with van der Waals surface area (Å²) in [6, 6.07) is 13.8. The molecule has 1 saturated carbocycles. The lowest BCUT2D eigenvalue weighted by Crippen LogP contribution is -2.35. The van der Waals surface area contributed by atoms with Crippen molar-refractivity contribution >= 4 is 11.6 Å². The van der Waals surface area contributed by atoms with Crippen molar-refractivity contribution in [1.82, 2.24) is 24.9 Å². The average Bonchev–Trinajstić information content (AvgIpc) is 3.37. The number of aryl methyl sites for hydroxylation is 1. The van der Waals surface area contributed by atoms with Gasteiger partial charge in [-0.1, -0.05) is 47.1 Å². The van der Waals surface area contributed by atoms with E-state index >= 15 is 0 Å². The predicted octanol–water partition coefficient (Wildman–Crippen LogP) is 5.03. The first-order valence-corrected chi connectivity index (χ1v) is 10.6. The van der Waals surface area contributed by atoms with Crippen molar-refractivity contribution in [3.05, 3.63) is 70.6 Å². The molecule has 0 aliphatic heterocycles. The van der Waals surface area contributed by atoms with Crippen molar-refractivity contribution in [3.63, 3.8) is 0 Å². The van der Waals surface area contributed by atoms with E-state index in [2.05, 4.69) is 32.4 Å². The zero-order valence-corrected chi connectivity index (χ0v) is 18.1. The average molecular weight is 436 g/mol. The third kappa shape index (κ3) is 3.75. The van der Waals surface area contributed by atoms with Gasteiger partial charge in [-0.2, -0.15) is 10.1 Å². The Labute approximate surface area is 185 Å². The minimum absolute atomic E-state index is 0.134. The molecule has 0 N–H and O–H groups in total. The lowest BCUT2D eigenvalue weighted by Gasteiger charge is -2.41. The summed E-state index contributed by atoms with van der Waals surface area (Å²) < 4.78 is 13.1. The summed E-state index contributed by atoms with van der Waals surface area (Å²) in [5.74, 6) is 0.929. The lowest BCUT2D eigenvalue weighted by atomic mass is 9.75. The summed E-state index contributed by atoms with van der Waals surface area (Å²) in [5, 5.41) is 9.24. The van der Waals surface area contributed by atoms with Crippen LogP contribution >= 0.6 is 11.6 Å². The molecule has 0 amide bonds. The van der Waals surface area contributed by atoms with Crippen LogP contribution in [0.15, 0.2) is 53.2 Å². The summed E-state index contributed by atoms with van der Waals surface area (Å²) in [6.07, 6.45) is 5.06. The smallest absolute Gasteiger partial charge is 0.278 e. The molecule has 0 atom stereocenters. The van der Waals surface area contributed by atoms with Gasteiger partial charge in [0.25, 0.3) is 5.89 Å². The van der Waals surface area contributed by atoms with Crippen molar-refractivity contribution in [2.24, 2.45) is 0 Å². The highest BCUT2D eigenvalue weighted by Gasteiger charge is 2.38. The van der Waals surface area contributed by atoms with Crippen molar-refractivity contribution in [1.29, 1.82) is 0 Å². The van der Waals surface area contributed by atoms with E-state index in [4.69, 9.17) is 20.9 Å². The van der Waals surface area contributed by atoms with Crippen LogP contribution in [0.25, 0.3) is 23.0 Å². The van der Waals surface area contributed by atoms with Gasteiger partial charge in [-0.05, 0) is 49.4 Å². The highest BCUT2D eigenvalue weighted by atomic mass is 35.5. The van der Waals surface area contributed by atoms with Gasteiger partial charge in [0, 0.05) is 24.6 Å². The zero-order chi connectivity index (χ0) is 21.4. The van der Waals surface area contributed by atoms with E-state index in [-0.39, 0.29) is 5.60 Å². The largest absolute Gasteiger partial charge is 0.374 e. The van der Waals surface area contributed by atoms with Gasteiger partial charge in [-0.15, -0.1) is 0 Å². The van der Waals surface area contributed by atoms with Gasteiger partial charge >= 0.3 is 0 Å². The Morgan fingerprint density at radius 1 is 1.16 bits per heavy atom. The Kier molecular flexibility index (Phi) is 5.08. The Morgan fingerprint density at radius 3 is 2.61 bits per heavy atom. The van der Waals surface area contributed by atoms with Gasteiger partial charge in [0.2, 0.25) is 5.82 Å². The molecule has 0 saturated heterocycles. The van der Waals surface area contributed by atoms with Crippen LogP contribution in [0.4, 0.5) is 0 Å². The molecule has 1 aliphatic rings. The van der Waals surface area contributed by atoms with E-state index in [1.165, 1.54) is 12.0 Å². The molecule has 158 valence electrons. The second-order valence-corrected chi connectivity index (χ2v) is 8.26. The molecular formula is C23H22ClN5O2. The minimum Gasteiger partial charge on any atom is -0.374 e. The van der Waals surface area contributed by atoms with Crippen molar-refractivity contribution in [3.8, 4) is 23.0 Å². The molecule has 1 aromatic carbocycles. The Morgan fingerprint density at radius 2 is 1.97 bits per heavy atom. The van der Waals surface area contributed by atoms with Gasteiger partial charge in [0.1, 0.15) is 5.15 Å². The van der Waals surface area contributed by atoms with Gasteiger partial charge in [-0.25, -0.2) is 4.98 Å². The van der Waals surface area contributed by atoms with Gasteiger partial charge in [0.15, 0.2) is 5.69 Å². The van der Waals surface area contributed by atoms with E-state index in [1.54, 1.807) is 19.4 Å². The van der Waals surface area contributed by atoms with Gasteiger partial charge in [-0.3, -0.25) is 4.68 Å². The number of hydrogen-bond donors (Lipinski definition) is 0. The summed E-state index contributed by atoms with van der Waals surface area (Å²) in [6.45, 7) is 2.57. The lowest BCUT2D eigenvalue weighted by molar-refractivity contribution is -0.0778. The molecule has 3 aromatic heterocycles. The first-order chi connectivity index (χ1) is 15.1. The summed E-state index contributed by atoms with van der Waals surface area (Å²) in [5.41, 5.74) is 4.59. The maximum absolute atomic E-state index is 5.86. The first kappa shape index (κ1) is 19.9. The van der Waals surface area contributed by atoms with Crippen molar-refractivity contribution < 1.29 is 9.26 Å². The molecule has 4 aromatic rings. The molecule has 0 spiro atoms. The Hall–Kier alpha value is -3.03. The first-order valence-electron chi connectivity index (χ1n) is 10.2. The number of ether oxygens (including phenoxy) is 1. The number of nitrogens with zero attached hydrogens (tertiary/aromatic N) is 5. The van der Waals surface area contributed by atoms with E-state index < -0.39 is 0 Å². The van der Waals surface area contributed by atoms with Crippen molar-refractivity contribution in [2.75, 3.05) is 7.11 Å². The number of aromatic nitrogens is 5. The van der Waals surface area contributed by atoms with E-state index in [0.29, 0.717) is 29.1 Å². The number of rotatable bonds is 6. The van der Waals surface area contributed by atoms with Crippen molar-refractivity contribution in [2.45, 2.75) is 38.3 Å². The van der Waals surface area contributed by atoms with Crippen LogP contribution in [0, 0.1) is 6.92 Å².